The standard InChI is InChI=1S/C34H46N4O/c1-23(2)35-19-28-10-11-30(15-31(28)38-21-24(3)36-22-38)33(4,5)37-20-29-8-6-7-9-32(29)39-34-16-25-12-26(17-34)14-27(13-25)18-34/h6-11,15,21-23,25-27,35,37H,12-14,16-20H2,1-5H3. The Hall–Kier alpha value is -2.63. The van der Waals surface area contributed by atoms with Gasteiger partial charge in [0, 0.05) is 36.4 Å². The van der Waals surface area contributed by atoms with Crippen LogP contribution in [-0.2, 0) is 18.6 Å². The molecule has 0 aliphatic heterocycles. The topological polar surface area (TPSA) is 51.1 Å². The van der Waals surface area contributed by atoms with Crippen LogP contribution >= 0.6 is 0 Å². The number of nitrogens with one attached hydrogen (secondary N) is 2. The Labute approximate surface area is 234 Å². The molecule has 4 fully saturated rings. The molecule has 7 rings (SSSR count). The highest BCUT2D eigenvalue weighted by Gasteiger charge is 2.52. The van der Waals surface area contributed by atoms with E-state index in [-0.39, 0.29) is 11.1 Å². The predicted molar refractivity (Wildman–Crippen MR) is 158 cm³/mol. The normalized spacial score (nSPS) is 25.9. The van der Waals surface area contributed by atoms with Gasteiger partial charge in [0.15, 0.2) is 0 Å². The number of ether oxygens (including phenoxy) is 1. The molecule has 0 atom stereocenters. The first kappa shape index (κ1) is 26.6. The zero-order valence-corrected chi connectivity index (χ0v) is 24.5. The van der Waals surface area contributed by atoms with Crippen molar-refractivity contribution >= 4 is 0 Å². The Kier molecular flexibility index (Phi) is 7.09. The number of hydrogen-bond acceptors (Lipinski definition) is 4. The van der Waals surface area contributed by atoms with Crippen LogP contribution in [0.15, 0.2) is 55.0 Å². The van der Waals surface area contributed by atoms with Gasteiger partial charge in [0.25, 0.3) is 0 Å². The van der Waals surface area contributed by atoms with Gasteiger partial charge in [0.2, 0.25) is 0 Å². The van der Waals surface area contributed by atoms with Crippen molar-refractivity contribution in [2.45, 2.75) is 103 Å². The van der Waals surface area contributed by atoms with Crippen LogP contribution in [-0.4, -0.2) is 21.2 Å². The first-order valence-corrected chi connectivity index (χ1v) is 15.1. The summed E-state index contributed by atoms with van der Waals surface area (Å²) in [4.78, 5) is 4.50. The number of benzene rings is 2. The lowest BCUT2D eigenvalue weighted by Gasteiger charge is -2.56. The third-order valence-corrected chi connectivity index (χ3v) is 9.50. The van der Waals surface area contributed by atoms with Crippen LogP contribution in [0.2, 0.25) is 0 Å². The summed E-state index contributed by atoms with van der Waals surface area (Å²) in [6.07, 6.45) is 12.1. The average Bonchev–Trinajstić information content (AvgIpc) is 3.32. The predicted octanol–water partition coefficient (Wildman–Crippen LogP) is 7.05. The minimum Gasteiger partial charge on any atom is -0.487 e. The Balaban J connectivity index is 1.20. The Morgan fingerprint density at radius 1 is 0.974 bits per heavy atom. The minimum atomic E-state index is -0.220. The maximum Gasteiger partial charge on any atom is 0.124 e. The summed E-state index contributed by atoms with van der Waals surface area (Å²) in [6.45, 7) is 12.6. The molecule has 1 heterocycles. The van der Waals surface area contributed by atoms with Crippen LogP contribution in [0.25, 0.3) is 5.69 Å². The van der Waals surface area contributed by atoms with E-state index < -0.39 is 0 Å². The number of nitrogens with zero attached hydrogens (tertiary/aromatic N) is 2. The number of imidazole rings is 1. The molecule has 3 aromatic rings. The highest BCUT2D eigenvalue weighted by Crippen LogP contribution is 2.57. The number of rotatable bonds is 10. The van der Waals surface area contributed by atoms with Crippen molar-refractivity contribution in [3.05, 3.63) is 77.4 Å². The lowest BCUT2D eigenvalue weighted by molar-refractivity contribution is -0.108. The molecule has 4 aliphatic rings. The Morgan fingerprint density at radius 2 is 1.67 bits per heavy atom. The van der Waals surface area contributed by atoms with Gasteiger partial charge in [0.05, 0.1) is 17.7 Å². The fourth-order valence-corrected chi connectivity index (χ4v) is 7.77. The van der Waals surface area contributed by atoms with E-state index in [1.807, 2.05) is 13.3 Å². The summed E-state index contributed by atoms with van der Waals surface area (Å²) in [5.41, 5.74) is 5.84. The van der Waals surface area contributed by atoms with Gasteiger partial charge in [-0.1, -0.05) is 44.2 Å². The highest BCUT2D eigenvalue weighted by atomic mass is 16.5. The summed E-state index contributed by atoms with van der Waals surface area (Å²) >= 11 is 0. The second-order valence-corrected chi connectivity index (χ2v) is 13.6. The second kappa shape index (κ2) is 10.4. The van der Waals surface area contributed by atoms with Gasteiger partial charge in [-0.05, 0) is 100 Å². The molecular weight excluding hydrogens is 480 g/mol. The quantitative estimate of drug-likeness (QED) is 0.297. The maximum atomic E-state index is 7.00. The molecular formula is C34H46N4O. The van der Waals surface area contributed by atoms with Gasteiger partial charge >= 0.3 is 0 Å². The summed E-state index contributed by atoms with van der Waals surface area (Å²) in [5.74, 6) is 3.72. The molecule has 1 aromatic heterocycles. The van der Waals surface area contributed by atoms with E-state index in [1.165, 1.54) is 60.9 Å². The van der Waals surface area contributed by atoms with Gasteiger partial charge in [-0.2, -0.15) is 0 Å². The van der Waals surface area contributed by atoms with Crippen molar-refractivity contribution in [3.8, 4) is 11.4 Å². The van der Waals surface area contributed by atoms with Crippen molar-refractivity contribution < 1.29 is 4.74 Å². The van der Waals surface area contributed by atoms with Gasteiger partial charge in [-0.3, -0.25) is 0 Å². The third kappa shape index (κ3) is 5.67. The van der Waals surface area contributed by atoms with Crippen LogP contribution < -0.4 is 15.4 Å². The zero-order valence-electron chi connectivity index (χ0n) is 24.5. The number of aromatic nitrogens is 2. The molecule has 39 heavy (non-hydrogen) atoms. The van der Waals surface area contributed by atoms with E-state index in [0.717, 1.165) is 42.3 Å². The smallest absolute Gasteiger partial charge is 0.124 e. The molecule has 208 valence electrons. The van der Waals surface area contributed by atoms with Gasteiger partial charge in [-0.15, -0.1) is 0 Å². The van der Waals surface area contributed by atoms with E-state index in [4.69, 9.17) is 4.74 Å². The van der Waals surface area contributed by atoms with Gasteiger partial charge in [0.1, 0.15) is 11.4 Å². The molecule has 0 amide bonds. The highest BCUT2D eigenvalue weighted by molar-refractivity contribution is 5.46. The number of para-hydroxylation sites is 1. The van der Waals surface area contributed by atoms with Crippen molar-refractivity contribution in [1.82, 2.24) is 20.2 Å². The molecule has 2 N–H and O–H groups in total. The van der Waals surface area contributed by atoms with Crippen LogP contribution in [0.5, 0.6) is 5.75 Å². The Bertz CT molecular complexity index is 1270. The van der Waals surface area contributed by atoms with Gasteiger partial charge < -0.3 is 19.9 Å². The fourth-order valence-electron chi connectivity index (χ4n) is 7.77. The van der Waals surface area contributed by atoms with E-state index in [1.54, 1.807) is 0 Å². The summed E-state index contributed by atoms with van der Waals surface area (Å²) in [7, 11) is 0. The lowest BCUT2D eigenvalue weighted by atomic mass is 9.54. The Morgan fingerprint density at radius 3 is 2.31 bits per heavy atom. The van der Waals surface area contributed by atoms with Crippen LogP contribution in [0.4, 0.5) is 0 Å². The number of hydrogen-bond donors (Lipinski definition) is 2. The van der Waals surface area contributed by atoms with E-state index in [9.17, 15) is 0 Å². The van der Waals surface area contributed by atoms with Crippen molar-refractivity contribution in [3.63, 3.8) is 0 Å². The molecule has 0 radical (unpaired) electrons. The third-order valence-electron chi connectivity index (χ3n) is 9.50. The fraction of sp³-hybridized carbons (Fsp3) is 0.559. The lowest BCUT2D eigenvalue weighted by Crippen LogP contribution is -2.53. The minimum absolute atomic E-state index is 0.0675. The first-order valence-electron chi connectivity index (χ1n) is 15.1. The average molecular weight is 527 g/mol. The SMILES string of the molecule is Cc1cn(-c2cc(C(C)(C)NCc3ccccc3OC34CC5CC(CC(C5)C3)C4)ccc2CNC(C)C)cn1. The molecule has 4 saturated carbocycles. The van der Waals surface area contributed by atoms with Crippen LogP contribution in [0, 0.1) is 24.7 Å². The van der Waals surface area contributed by atoms with E-state index >= 15 is 0 Å². The van der Waals surface area contributed by atoms with Crippen molar-refractivity contribution in [2.24, 2.45) is 17.8 Å². The summed E-state index contributed by atoms with van der Waals surface area (Å²) < 4.78 is 9.15. The van der Waals surface area contributed by atoms with E-state index in [2.05, 4.69) is 96.5 Å². The summed E-state index contributed by atoms with van der Waals surface area (Å²) in [6, 6.07) is 16.0. The molecule has 5 heteroatoms. The number of aryl methyl sites for hydroxylation is 1. The van der Waals surface area contributed by atoms with Crippen LogP contribution in [0.1, 0.15) is 88.6 Å². The maximum absolute atomic E-state index is 7.00. The molecule has 2 aromatic carbocycles. The van der Waals surface area contributed by atoms with Crippen molar-refractivity contribution in [2.75, 3.05) is 0 Å². The molecule has 4 bridgehead atoms. The largest absolute Gasteiger partial charge is 0.487 e. The van der Waals surface area contributed by atoms with Crippen LogP contribution in [0.3, 0.4) is 0 Å². The zero-order chi connectivity index (χ0) is 27.2. The first-order chi connectivity index (χ1) is 18.7. The summed E-state index contributed by atoms with van der Waals surface area (Å²) in [5, 5.41) is 7.45. The molecule has 0 unspecified atom stereocenters. The second-order valence-electron chi connectivity index (χ2n) is 13.6. The molecule has 5 nitrogen and oxygen atoms in total. The van der Waals surface area contributed by atoms with Crippen molar-refractivity contribution in [1.29, 1.82) is 0 Å². The monoisotopic (exact) mass is 526 g/mol. The molecule has 4 aliphatic carbocycles. The van der Waals surface area contributed by atoms with E-state index in [0.29, 0.717) is 6.04 Å². The van der Waals surface area contributed by atoms with Gasteiger partial charge in [-0.25, -0.2) is 4.98 Å². The molecule has 0 saturated heterocycles. The molecule has 0 spiro atoms.